The number of hydrogen-bond donors (Lipinski definition) is 1. The van der Waals surface area contributed by atoms with Gasteiger partial charge in [0.2, 0.25) is 0 Å². The summed E-state index contributed by atoms with van der Waals surface area (Å²) in [5, 5.41) is 11.5. The number of nitriles is 1. The Balaban J connectivity index is 2.48. The third-order valence-corrected chi connectivity index (χ3v) is 2.50. The molecule has 94 valence electrons. The van der Waals surface area contributed by atoms with Crippen LogP contribution >= 0.6 is 0 Å². The second-order valence-corrected chi connectivity index (χ2v) is 3.87. The van der Waals surface area contributed by atoms with E-state index < -0.39 is 11.6 Å². The lowest BCUT2D eigenvalue weighted by Crippen LogP contribution is -2.17. The molecule has 0 amide bonds. The Bertz CT molecular complexity index is 461. The van der Waals surface area contributed by atoms with E-state index in [9.17, 15) is 8.78 Å². The maximum absolute atomic E-state index is 13.5. The molecule has 0 heterocycles. The molecule has 0 spiro atoms. The summed E-state index contributed by atoms with van der Waals surface area (Å²) >= 11 is 0. The van der Waals surface area contributed by atoms with Crippen molar-refractivity contribution < 1.29 is 8.78 Å². The van der Waals surface area contributed by atoms with Gasteiger partial charge < -0.3 is 5.32 Å². The molecule has 1 aromatic rings. The SMILES string of the molecule is C#CCCCCNCc1c(F)cc(C#N)cc1F. The normalized spacial score (nSPS) is 9.78. The van der Waals surface area contributed by atoms with E-state index in [0.29, 0.717) is 13.0 Å². The van der Waals surface area contributed by atoms with Crippen LogP contribution in [0.15, 0.2) is 12.1 Å². The molecule has 0 unspecified atom stereocenters. The largest absolute Gasteiger partial charge is 0.312 e. The molecule has 0 bridgehead atoms. The Morgan fingerprint density at radius 1 is 1.22 bits per heavy atom. The molecule has 0 aromatic heterocycles. The minimum absolute atomic E-state index is 0.0113. The summed E-state index contributed by atoms with van der Waals surface area (Å²) in [7, 11) is 0. The summed E-state index contributed by atoms with van der Waals surface area (Å²) < 4.78 is 26.9. The summed E-state index contributed by atoms with van der Waals surface area (Å²) in [6.45, 7) is 0.764. The van der Waals surface area contributed by atoms with Crippen LogP contribution in [0.2, 0.25) is 0 Å². The Morgan fingerprint density at radius 3 is 2.44 bits per heavy atom. The van der Waals surface area contributed by atoms with Gasteiger partial charge in [0.15, 0.2) is 0 Å². The minimum atomic E-state index is -0.692. The first-order chi connectivity index (χ1) is 8.69. The zero-order valence-electron chi connectivity index (χ0n) is 9.97. The van der Waals surface area contributed by atoms with Gasteiger partial charge in [-0.05, 0) is 31.5 Å². The van der Waals surface area contributed by atoms with E-state index in [-0.39, 0.29) is 17.7 Å². The van der Waals surface area contributed by atoms with Gasteiger partial charge in [0.25, 0.3) is 0 Å². The van der Waals surface area contributed by atoms with Gasteiger partial charge in [0.1, 0.15) is 11.6 Å². The molecule has 0 fully saturated rings. The van der Waals surface area contributed by atoms with E-state index >= 15 is 0 Å². The molecule has 2 nitrogen and oxygen atoms in total. The third kappa shape index (κ3) is 4.16. The molecule has 0 saturated carbocycles. The topological polar surface area (TPSA) is 35.8 Å². The van der Waals surface area contributed by atoms with E-state index in [4.69, 9.17) is 11.7 Å². The summed E-state index contributed by atoms with van der Waals surface area (Å²) in [5.41, 5.74) is -0.0475. The fraction of sp³-hybridized carbons (Fsp3) is 0.357. The Labute approximate surface area is 106 Å². The van der Waals surface area contributed by atoms with Crippen molar-refractivity contribution >= 4 is 0 Å². The van der Waals surface area contributed by atoms with E-state index in [2.05, 4.69) is 11.2 Å². The molecule has 0 aliphatic carbocycles. The lowest BCUT2D eigenvalue weighted by atomic mass is 10.1. The second kappa shape index (κ2) is 7.42. The van der Waals surface area contributed by atoms with Crippen LogP contribution in [0.5, 0.6) is 0 Å². The van der Waals surface area contributed by atoms with Crippen LogP contribution < -0.4 is 5.32 Å². The predicted molar refractivity (Wildman–Crippen MR) is 65.5 cm³/mol. The van der Waals surface area contributed by atoms with Gasteiger partial charge in [-0.2, -0.15) is 5.26 Å². The van der Waals surface area contributed by atoms with E-state index in [1.165, 1.54) is 0 Å². The van der Waals surface area contributed by atoms with Crippen molar-refractivity contribution in [1.82, 2.24) is 5.32 Å². The Kier molecular flexibility index (Phi) is 5.84. The van der Waals surface area contributed by atoms with Crippen LogP contribution in [-0.2, 0) is 6.54 Å². The molecule has 0 aliphatic rings. The third-order valence-electron chi connectivity index (χ3n) is 2.50. The summed E-state index contributed by atoms with van der Waals surface area (Å²) in [4.78, 5) is 0. The van der Waals surface area contributed by atoms with Gasteiger partial charge in [0.05, 0.1) is 11.6 Å². The van der Waals surface area contributed by atoms with Gasteiger partial charge >= 0.3 is 0 Å². The number of rotatable bonds is 6. The van der Waals surface area contributed by atoms with Crippen LogP contribution in [0.4, 0.5) is 8.78 Å². The average molecular weight is 248 g/mol. The van der Waals surface area contributed by atoms with Crippen molar-refractivity contribution in [2.24, 2.45) is 0 Å². The predicted octanol–water partition coefficient (Wildman–Crippen LogP) is 2.73. The van der Waals surface area contributed by atoms with E-state index in [1.54, 1.807) is 6.07 Å². The monoisotopic (exact) mass is 248 g/mol. The highest BCUT2D eigenvalue weighted by molar-refractivity contribution is 5.34. The number of benzene rings is 1. The molecule has 0 saturated heterocycles. The van der Waals surface area contributed by atoms with E-state index in [1.807, 2.05) is 0 Å². The highest BCUT2D eigenvalue weighted by atomic mass is 19.1. The van der Waals surface area contributed by atoms with Crippen molar-refractivity contribution in [3.8, 4) is 18.4 Å². The molecule has 1 rings (SSSR count). The van der Waals surface area contributed by atoms with Crippen molar-refractivity contribution in [2.45, 2.75) is 25.8 Å². The average Bonchev–Trinajstić information content (AvgIpc) is 2.35. The lowest BCUT2D eigenvalue weighted by molar-refractivity contribution is 0.530. The van der Waals surface area contributed by atoms with Crippen LogP contribution in [-0.4, -0.2) is 6.54 Å². The molecule has 18 heavy (non-hydrogen) atoms. The van der Waals surface area contributed by atoms with E-state index in [0.717, 1.165) is 25.0 Å². The van der Waals surface area contributed by atoms with Gasteiger partial charge in [-0.3, -0.25) is 0 Å². The van der Waals surface area contributed by atoms with Gasteiger partial charge in [0, 0.05) is 18.5 Å². The Hall–Kier alpha value is -1.91. The number of hydrogen-bond acceptors (Lipinski definition) is 2. The number of unbranched alkanes of at least 4 members (excludes halogenated alkanes) is 2. The minimum Gasteiger partial charge on any atom is -0.312 e. The molecular weight excluding hydrogens is 234 g/mol. The first kappa shape index (κ1) is 14.2. The lowest BCUT2D eigenvalue weighted by Gasteiger charge is -2.07. The Morgan fingerprint density at radius 2 is 1.89 bits per heavy atom. The summed E-state index contributed by atoms with van der Waals surface area (Å²) in [6.07, 6.45) is 7.57. The molecule has 1 N–H and O–H groups in total. The van der Waals surface area contributed by atoms with Gasteiger partial charge in [-0.25, -0.2) is 8.78 Å². The van der Waals surface area contributed by atoms with Crippen molar-refractivity contribution in [2.75, 3.05) is 6.54 Å². The van der Waals surface area contributed by atoms with Crippen LogP contribution in [0.3, 0.4) is 0 Å². The van der Waals surface area contributed by atoms with Crippen LogP contribution in [0.1, 0.15) is 30.4 Å². The fourth-order valence-corrected chi connectivity index (χ4v) is 1.53. The van der Waals surface area contributed by atoms with Gasteiger partial charge in [-0.15, -0.1) is 12.3 Å². The molecule has 4 heteroatoms. The number of nitrogens with one attached hydrogen (secondary N) is 1. The first-order valence-corrected chi connectivity index (χ1v) is 5.71. The number of halogens is 2. The standard InChI is InChI=1S/C14H14F2N2/c1-2-3-4-5-6-18-10-12-13(15)7-11(9-17)8-14(12)16/h1,7-8,18H,3-6,10H2. The van der Waals surface area contributed by atoms with Gasteiger partial charge in [-0.1, -0.05) is 0 Å². The van der Waals surface area contributed by atoms with Crippen molar-refractivity contribution in [3.05, 3.63) is 34.9 Å². The molecule has 0 aliphatic heterocycles. The van der Waals surface area contributed by atoms with Crippen molar-refractivity contribution in [1.29, 1.82) is 5.26 Å². The zero-order valence-corrected chi connectivity index (χ0v) is 9.97. The zero-order chi connectivity index (χ0) is 13.4. The highest BCUT2D eigenvalue weighted by Gasteiger charge is 2.10. The highest BCUT2D eigenvalue weighted by Crippen LogP contribution is 2.14. The molecule has 0 atom stereocenters. The number of terminal acetylenes is 1. The second-order valence-electron chi connectivity index (χ2n) is 3.87. The van der Waals surface area contributed by atoms with Crippen LogP contribution in [0.25, 0.3) is 0 Å². The number of nitrogens with zero attached hydrogens (tertiary/aromatic N) is 1. The quantitative estimate of drug-likeness (QED) is 0.620. The van der Waals surface area contributed by atoms with Crippen LogP contribution in [0, 0.1) is 35.3 Å². The molecular formula is C14H14F2N2. The maximum atomic E-state index is 13.5. The maximum Gasteiger partial charge on any atom is 0.131 e. The summed E-state index contributed by atoms with van der Waals surface area (Å²) in [5.74, 6) is 1.14. The summed E-state index contributed by atoms with van der Waals surface area (Å²) in [6, 6.07) is 3.79. The van der Waals surface area contributed by atoms with Crippen molar-refractivity contribution in [3.63, 3.8) is 0 Å². The smallest absolute Gasteiger partial charge is 0.131 e. The molecule has 0 radical (unpaired) electrons. The fourth-order valence-electron chi connectivity index (χ4n) is 1.53. The molecule has 1 aromatic carbocycles. The first-order valence-electron chi connectivity index (χ1n) is 5.71.